The second kappa shape index (κ2) is 10.2. The number of nitrogens with zero attached hydrogens (tertiary/aromatic N) is 2. The zero-order chi connectivity index (χ0) is 18.9. The van der Waals surface area contributed by atoms with Crippen LogP contribution in [0.25, 0.3) is 10.6 Å². The van der Waals surface area contributed by atoms with Gasteiger partial charge in [0, 0.05) is 6.20 Å². The number of thiophene rings is 1. The second-order valence-electron chi connectivity index (χ2n) is 5.84. The number of carbonyl (C=O) groups is 2. The molecule has 0 aliphatic rings. The standard InChI is InChI=1S/C17H24N4O4S/c1-2-3-4-5-17(24)25-19-10-13(22)15-7-6-14(26-15)12-8-9-21(20-12)11-16(18)23/h6-9,17,19,24H,2-5,10-11H2,1H3,(H2,18,23). The Bertz CT molecular complexity index is 728. The Morgan fingerprint density at radius 3 is 2.92 bits per heavy atom. The molecule has 0 spiro atoms. The van der Waals surface area contributed by atoms with Crippen molar-refractivity contribution >= 4 is 23.0 Å². The van der Waals surface area contributed by atoms with Crippen LogP contribution in [0.2, 0.25) is 0 Å². The number of carbonyl (C=O) groups excluding carboxylic acids is 2. The number of unbranched alkanes of at least 4 members (excludes halogenated alkanes) is 2. The number of aliphatic hydroxyl groups excluding tert-OH is 1. The molecule has 1 amide bonds. The van der Waals surface area contributed by atoms with Gasteiger partial charge in [-0.25, -0.2) is 0 Å². The van der Waals surface area contributed by atoms with E-state index >= 15 is 0 Å². The highest BCUT2D eigenvalue weighted by atomic mass is 32.1. The fraction of sp³-hybridized carbons (Fsp3) is 0.471. The van der Waals surface area contributed by atoms with E-state index in [9.17, 15) is 14.7 Å². The summed E-state index contributed by atoms with van der Waals surface area (Å²) in [5.74, 6) is -0.608. The molecule has 142 valence electrons. The molecule has 1 unspecified atom stereocenters. The fourth-order valence-corrected chi connectivity index (χ4v) is 3.19. The van der Waals surface area contributed by atoms with Gasteiger partial charge in [-0.1, -0.05) is 19.8 Å². The Morgan fingerprint density at radius 2 is 2.19 bits per heavy atom. The third-order valence-corrected chi connectivity index (χ3v) is 4.75. The van der Waals surface area contributed by atoms with Crippen molar-refractivity contribution in [3.63, 3.8) is 0 Å². The van der Waals surface area contributed by atoms with Crippen molar-refractivity contribution < 1.29 is 19.5 Å². The number of hydrogen-bond donors (Lipinski definition) is 3. The van der Waals surface area contributed by atoms with E-state index in [-0.39, 0.29) is 18.9 Å². The molecule has 2 rings (SSSR count). The topological polar surface area (TPSA) is 119 Å². The van der Waals surface area contributed by atoms with E-state index in [1.165, 1.54) is 16.0 Å². The number of Topliss-reactive ketones (excluding diaryl/α,β-unsaturated/α-hetero) is 1. The monoisotopic (exact) mass is 380 g/mol. The van der Waals surface area contributed by atoms with E-state index in [4.69, 9.17) is 10.6 Å². The summed E-state index contributed by atoms with van der Waals surface area (Å²) in [6, 6.07) is 5.28. The molecule has 9 heteroatoms. The summed E-state index contributed by atoms with van der Waals surface area (Å²) in [5, 5.41) is 13.9. The summed E-state index contributed by atoms with van der Waals surface area (Å²) >= 11 is 1.30. The van der Waals surface area contributed by atoms with Gasteiger partial charge in [-0.2, -0.15) is 10.6 Å². The van der Waals surface area contributed by atoms with Gasteiger partial charge in [0.15, 0.2) is 12.1 Å². The van der Waals surface area contributed by atoms with Gasteiger partial charge in [0.25, 0.3) is 0 Å². The predicted molar refractivity (Wildman–Crippen MR) is 98.3 cm³/mol. The lowest BCUT2D eigenvalue weighted by molar-refractivity contribution is -0.147. The molecule has 26 heavy (non-hydrogen) atoms. The largest absolute Gasteiger partial charge is 0.368 e. The van der Waals surface area contributed by atoms with E-state index in [0.717, 1.165) is 24.1 Å². The van der Waals surface area contributed by atoms with E-state index in [2.05, 4.69) is 17.5 Å². The van der Waals surface area contributed by atoms with Crippen molar-refractivity contribution in [2.45, 2.75) is 45.4 Å². The molecule has 0 aliphatic carbocycles. The summed E-state index contributed by atoms with van der Waals surface area (Å²) in [7, 11) is 0. The van der Waals surface area contributed by atoms with Crippen LogP contribution in [0.3, 0.4) is 0 Å². The lowest BCUT2D eigenvalue weighted by atomic mass is 10.2. The molecule has 2 aromatic rings. The summed E-state index contributed by atoms with van der Waals surface area (Å²) in [6.07, 6.45) is 4.27. The van der Waals surface area contributed by atoms with Gasteiger partial charge >= 0.3 is 0 Å². The van der Waals surface area contributed by atoms with Crippen LogP contribution in [0.15, 0.2) is 24.4 Å². The number of nitrogens with two attached hydrogens (primary N) is 1. The lowest BCUT2D eigenvalue weighted by Gasteiger charge is -2.11. The van der Waals surface area contributed by atoms with Crippen LogP contribution in [0, 0.1) is 0 Å². The van der Waals surface area contributed by atoms with Crippen LogP contribution in [-0.4, -0.2) is 39.4 Å². The Kier molecular flexibility index (Phi) is 7.92. The number of primary amides is 1. The molecule has 0 radical (unpaired) electrons. The van der Waals surface area contributed by atoms with E-state index in [1.807, 2.05) is 0 Å². The van der Waals surface area contributed by atoms with Crippen LogP contribution in [-0.2, 0) is 16.2 Å². The van der Waals surface area contributed by atoms with E-state index in [1.54, 1.807) is 24.4 Å². The first kappa shape index (κ1) is 20.2. The first-order chi connectivity index (χ1) is 12.5. The Hall–Kier alpha value is -2.07. The molecule has 0 bridgehead atoms. The highest BCUT2D eigenvalue weighted by Crippen LogP contribution is 2.26. The van der Waals surface area contributed by atoms with Crippen molar-refractivity contribution in [3.8, 4) is 10.6 Å². The van der Waals surface area contributed by atoms with Crippen molar-refractivity contribution in [2.24, 2.45) is 5.73 Å². The summed E-state index contributed by atoms with van der Waals surface area (Å²) in [6.45, 7) is 2.07. The van der Waals surface area contributed by atoms with Gasteiger partial charge in [-0.05, 0) is 31.0 Å². The number of hydroxylamine groups is 1. The summed E-state index contributed by atoms with van der Waals surface area (Å²) in [4.78, 5) is 29.5. The quantitative estimate of drug-likeness (QED) is 0.223. The SMILES string of the molecule is CCCCCC(O)ONCC(=O)c1ccc(-c2ccn(CC(N)=O)n2)s1. The number of aliphatic hydroxyl groups is 1. The first-order valence-corrected chi connectivity index (χ1v) is 9.33. The minimum Gasteiger partial charge on any atom is -0.368 e. The number of hydrogen-bond acceptors (Lipinski definition) is 7. The zero-order valence-electron chi connectivity index (χ0n) is 14.7. The minimum absolute atomic E-state index is 0.0129. The Balaban J connectivity index is 1.82. The first-order valence-electron chi connectivity index (χ1n) is 8.51. The van der Waals surface area contributed by atoms with Crippen LogP contribution < -0.4 is 11.2 Å². The molecule has 8 nitrogen and oxygen atoms in total. The number of nitrogens with one attached hydrogen (secondary N) is 1. The molecular weight excluding hydrogens is 356 g/mol. The molecule has 0 fully saturated rings. The third-order valence-electron chi connectivity index (χ3n) is 3.60. The van der Waals surface area contributed by atoms with E-state index in [0.29, 0.717) is 17.0 Å². The maximum absolute atomic E-state index is 12.2. The Morgan fingerprint density at radius 1 is 1.38 bits per heavy atom. The lowest BCUT2D eigenvalue weighted by Crippen LogP contribution is -2.28. The van der Waals surface area contributed by atoms with Crippen molar-refractivity contribution in [2.75, 3.05) is 6.54 Å². The van der Waals surface area contributed by atoms with Crippen LogP contribution in [0.4, 0.5) is 0 Å². The number of amides is 1. The number of aromatic nitrogens is 2. The average Bonchev–Trinajstić information content (AvgIpc) is 3.23. The molecule has 0 saturated heterocycles. The zero-order valence-corrected chi connectivity index (χ0v) is 15.5. The van der Waals surface area contributed by atoms with Crippen LogP contribution in [0.1, 0.15) is 42.3 Å². The maximum atomic E-state index is 12.2. The molecule has 2 aromatic heterocycles. The molecule has 0 saturated carbocycles. The van der Waals surface area contributed by atoms with Gasteiger partial charge in [0.2, 0.25) is 5.91 Å². The van der Waals surface area contributed by atoms with Crippen LogP contribution in [0.5, 0.6) is 0 Å². The molecule has 4 N–H and O–H groups in total. The van der Waals surface area contributed by atoms with Crippen molar-refractivity contribution in [1.29, 1.82) is 0 Å². The van der Waals surface area contributed by atoms with Gasteiger partial charge in [-0.3, -0.25) is 19.1 Å². The smallest absolute Gasteiger partial charge is 0.239 e. The Labute approximate surface area is 155 Å². The highest BCUT2D eigenvalue weighted by molar-refractivity contribution is 7.17. The normalized spacial score (nSPS) is 12.2. The average molecular weight is 380 g/mol. The van der Waals surface area contributed by atoms with Gasteiger partial charge in [-0.15, -0.1) is 11.3 Å². The molecule has 2 heterocycles. The highest BCUT2D eigenvalue weighted by Gasteiger charge is 2.13. The fourth-order valence-electron chi connectivity index (χ4n) is 2.28. The molecule has 0 aromatic carbocycles. The minimum atomic E-state index is -0.914. The number of ketones is 1. The molecular formula is C17H24N4O4S. The summed E-state index contributed by atoms with van der Waals surface area (Å²) < 4.78 is 1.45. The van der Waals surface area contributed by atoms with Crippen molar-refractivity contribution in [3.05, 3.63) is 29.3 Å². The second-order valence-corrected chi connectivity index (χ2v) is 6.93. The maximum Gasteiger partial charge on any atom is 0.239 e. The third kappa shape index (κ3) is 6.34. The van der Waals surface area contributed by atoms with Gasteiger partial charge in [0.05, 0.1) is 16.3 Å². The summed E-state index contributed by atoms with van der Waals surface area (Å²) in [5.41, 5.74) is 8.33. The van der Waals surface area contributed by atoms with Crippen LogP contribution >= 0.6 is 11.3 Å². The van der Waals surface area contributed by atoms with Crippen molar-refractivity contribution in [1.82, 2.24) is 15.3 Å². The van der Waals surface area contributed by atoms with Gasteiger partial charge < -0.3 is 10.8 Å². The van der Waals surface area contributed by atoms with E-state index < -0.39 is 12.2 Å². The van der Waals surface area contributed by atoms with Gasteiger partial charge in [0.1, 0.15) is 12.2 Å². The molecule has 1 atom stereocenters. The predicted octanol–water partition coefficient (Wildman–Crippen LogP) is 1.70. The number of rotatable bonds is 12. The molecule has 0 aliphatic heterocycles.